The number of hydrogen-bond acceptors (Lipinski definition) is 1. The molecule has 2 aromatic rings. The molecule has 0 spiro atoms. The molecular weight excluding hydrogens is 213 g/mol. The van der Waals surface area contributed by atoms with Crippen molar-refractivity contribution in [2.45, 2.75) is 13.8 Å². The van der Waals surface area contributed by atoms with Gasteiger partial charge in [0.25, 0.3) is 0 Å². The Balaban J connectivity index is 0.000000386. The van der Waals surface area contributed by atoms with E-state index in [9.17, 15) is 0 Å². The van der Waals surface area contributed by atoms with Crippen LogP contribution in [-0.4, -0.2) is 11.1 Å². The normalized spacial score (nSPS) is 9.19. The fourth-order valence-electron chi connectivity index (χ4n) is 1.36. The van der Waals surface area contributed by atoms with Gasteiger partial charge in [-0.1, -0.05) is 42.8 Å². The fraction of sp³-hybridized carbons (Fsp3) is 0.214. The first-order chi connectivity index (χ1) is 7.77. The Kier molecular flexibility index (Phi) is 5.74. The van der Waals surface area contributed by atoms with E-state index in [2.05, 4.69) is 58.4 Å². The van der Waals surface area contributed by atoms with E-state index in [1.165, 1.54) is 22.9 Å². The molecule has 0 aliphatic heterocycles. The number of nitrogens with zero attached hydrogens (tertiary/aromatic N) is 1. The van der Waals surface area contributed by atoms with Gasteiger partial charge in [0.2, 0.25) is 0 Å². The maximum Gasteiger partial charge on any atom is 0.0346 e. The molecular formula is C14H18NP. The van der Waals surface area contributed by atoms with E-state index < -0.39 is 0 Å². The molecule has 2 heteroatoms. The third-order valence-electron chi connectivity index (χ3n) is 2.01. The van der Waals surface area contributed by atoms with Crippen LogP contribution in [0.15, 0.2) is 48.8 Å². The van der Waals surface area contributed by atoms with Gasteiger partial charge in [-0.15, -0.1) is 9.24 Å². The molecule has 0 fully saturated rings. The van der Waals surface area contributed by atoms with E-state index in [0.717, 1.165) is 0 Å². The molecule has 0 bridgehead atoms. The number of aromatic nitrogens is 1. The van der Waals surface area contributed by atoms with Crippen molar-refractivity contribution in [3.05, 3.63) is 54.4 Å². The number of pyridine rings is 1. The Morgan fingerprint density at radius 2 is 1.81 bits per heavy atom. The van der Waals surface area contributed by atoms with E-state index >= 15 is 0 Å². The number of hydrogen-bond donors (Lipinski definition) is 0. The Hall–Kier alpha value is -1.20. The van der Waals surface area contributed by atoms with Crippen LogP contribution in [0.25, 0.3) is 11.1 Å². The van der Waals surface area contributed by atoms with Gasteiger partial charge >= 0.3 is 0 Å². The minimum atomic E-state index is 1.17. The summed E-state index contributed by atoms with van der Waals surface area (Å²) in [6.07, 6.45) is 4.84. The highest BCUT2D eigenvalue weighted by molar-refractivity contribution is 7.16. The molecule has 0 N–H and O–H groups in total. The molecule has 2 rings (SSSR count). The first-order valence-corrected chi connectivity index (χ1v) is 6.26. The highest BCUT2D eigenvalue weighted by atomic mass is 31.0. The van der Waals surface area contributed by atoms with Crippen LogP contribution >= 0.6 is 9.24 Å². The Morgan fingerprint density at radius 3 is 2.38 bits per heavy atom. The van der Waals surface area contributed by atoms with Gasteiger partial charge in [0.15, 0.2) is 0 Å². The second-order valence-electron chi connectivity index (χ2n) is 3.52. The van der Waals surface area contributed by atoms with Crippen LogP contribution in [0.1, 0.15) is 12.5 Å². The van der Waals surface area contributed by atoms with Gasteiger partial charge in [-0.05, 0) is 30.3 Å². The van der Waals surface area contributed by atoms with Crippen molar-refractivity contribution in [3.63, 3.8) is 0 Å². The molecule has 1 nitrogen and oxygen atoms in total. The number of rotatable bonds is 1. The van der Waals surface area contributed by atoms with Gasteiger partial charge in [-0.2, -0.15) is 0 Å². The summed E-state index contributed by atoms with van der Waals surface area (Å²) in [6, 6.07) is 12.5. The Labute approximate surface area is 100 Å². The molecule has 0 saturated carbocycles. The summed E-state index contributed by atoms with van der Waals surface area (Å²) in [5.41, 5.74) is 3.68. The molecule has 1 unspecified atom stereocenters. The average Bonchev–Trinajstić information content (AvgIpc) is 2.31. The van der Waals surface area contributed by atoms with Crippen LogP contribution in [0.3, 0.4) is 0 Å². The van der Waals surface area contributed by atoms with Crippen molar-refractivity contribution in [1.29, 1.82) is 0 Å². The molecule has 0 aliphatic rings. The zero-order chi connectivity index (χ0) is 11.8. The molecule has 0 amide bonds. The first-order valence-electron chi connectivity index (χ1n) is 5.45. The predicted molar refractivity (Wildman–Crippen MR) is 74.7 cm³/mol. The molecule has 1 aromatic heterocycles. The molecule has 84 valence electrons. The third-order valence-corrected chi connectivity index (χ3v) is 2.01. The van der Waals surface area contributed by atoms with Crippen molar-refractivity contribution >= 4 is 9.24 Å². The topological polar surface area (TPSA) is 12.9 Å². The molecule has 0 radical (unpaired) electrons. The van der Waals surface area contributed by atoms with Crippen LogP contribution in [-0.2, 0) is 0 Å². The second kappa shape index (κ2) is 7.14. The average molecular weight is 231 g/mol. The highest BCUT2D eigenvalue weighted by Gasteiger charge is 1.95. The fourth-order valence-corrected chi connectivity index (χ4v) is 1.36. The molecule has 16 heavy (non-hydrogen) atoms. The lowest BCUT2D eigenvalue weighted by Gasteiger charge is -2.00. The maximum absolute atomic E-state index is 4.09. The van der Waals surface area contributed by atoms with Crippen LogP contribution in [0.2, 0.25) is 0 Å². The third kappa shape index (κ3) is 4.12. The zero-order valence-electron chi connectivity index (χ0n) is 9.85. The van der Waals surface area contributed by atoms with Crippen molar-refractivity contribution in [3.8, 4) is 11.1 Å². The molecule has 0 aliphatic carbocycles. The van der Waals surface area contributed by atoms with E-state index in [4.69, 9.17) is 0 Å². The summed E-state index contributed by atoms with van der Waals surface area (Å²) in [5, 5.41) is 0. The smallest absolute Gasteiger partial charge is 0.0346 e. The number of benzene rings is 1. The minimum Gasteiger partial charge on any atom is -0.264 e. The summed E-state index contributed by atoms with van der Waals surface area (Å²) in [7, 11) is 2.58. The Bertz CT molecular complexity index is 412. The van der Waals surface area contributed by atoms with Crippen LogP contribution in [0.4, 0.5) is 0 Å². The standard InChI is InChI=1S/C12H11N.C2H7P/c1-10-4-2-5-11(8-10)12-6-3-7-13-9-12;1-2-3/h2-9H,1H3;2-3H2,1H3. The lowest BCUT2D eigenvalue weighted by Crippen LogP contribution is -1.79. The summed E-state index contributed by atoms with van der Waals surface area (Å²) < 4.78 is 0. The largest absolute Gasteiger partial charge is 0.264 e. The van der Waals surface area contributed by atoms with Gasteiger partial charge in [0, 0.05) is 12.4 Å². The van der Waals surface area contributed by atoms with Crippen molar-refractivity contribution in [1.82, 2.24) is 4.98 Å². The number of aryl methyl sites for hydroxylation is 1. The maximum atomic E-state index is 4.09. The first kappa shape index (κ1) is 12.9. The molecule has 1 aromatic carbocycles. The summed E-state index contributed by atoms with van der Waals surface area (Å²) in [5.74, 6) is 0. The van der Waals surface area contributed by atoms with E-state index in [0.29, 0.717) is 0 Å². The van der Waals surface area contributed by atoms with Gasteiger partial charge in [-0.25, -0.2) is 0 Å². The van der Waals surface area contributed by atoms with Crippen LogP contribution < -0.4 is 0 Å². The summed E-state index contributed by atoms with van der Waals surface area (Å²) in [6.45, 7) is 4.19. The van der Waals surface area contributed by atoms with Crippen LogP contribution in [0, 0.1) is 6.92 Å². The lowest BCUT2D eigenvalue weighted by atomic mass is 10.1. The van der Waals surface area contributed by atoms with E-state index in [-0.39, 0.29) is 0 Å². The van der Waals surface area contributed by atoms with Gasteiger partial charge in [0.05, 0.1) is 0 Å². The van der Waals surface area contributed by atoms with E-state index in [1.54, 1.807) is 6.20 Å². The quantitative estimate of drug-likeness (QED) is 0.677. The molecule has 1 heterocycles. The van der Waals surface area contributed by atoms with Crippen molar-refractivity contribution in [2.75, 3.05) is 6.16 Å². The molecule has 0 saturated heterocycles. The van der Waals surface area contributed by atoms with Gasteiger partial charge in [-0.3, -0.25) is 4.98 Å². The molecule has 1 atom stereocenters. The van der Waals surface area contributed by atoms with Gasteiger partial charge in [0.1, 0.15) is 0 Å². The van der Waals surface area contributed by atoms with Crippen LogP contribution in [0.5, 0.6) is 0 Å². The predicted octanol–water partition coefficient (Wildman–Crippen LogP) is 3.94. The zero-order valence-corrected chi connectivity index (χ0v) is 11.0. The van der Waals surface area contributed by atoms with Crippen molar-refractivity contribution < 1.29 is 0 Å². The second-order valence-corrected chi connectivity index (χ2v) is 4.34. The Morgan fingerprint density at radius 1 is 1.12 bits per heavy atom. The van der Waals surface area contributed by atoms with Gasteiger partial charge < -0.3 is 0 Å². The van der Waals surface area contributed by atoms with Crippen molar-refractivity contribution in [2.24, 2.45) is 0 Å². The lowest BCUT2D eigenvalue weighted by molar-refractivity contribution is 1.33. The highest BCUT2D eigenvalue weighted by Crippen LogP contribution is 2.18. The minimum absolute atomic E-state index is 1.17. The SMILES string of the molecule is CCP.Cc1cccc(-c2cccnc2)c1. The summed E-state index contributed by atoms with van der Waals surface area (Å²) >= 11 is 0. The van der Waals surface area contributed by atoms with E-state index in [1.807, 2.05) is 12.3 Å². The summed E-state index contributed by atoms with van der Waals surface area (Å²) in [4.78, 5) is 4.09. The monoisotopic (exact) mass is 231 g/mol.